The molecule has 20 heavy (non-hydrogen) atoms. The van der Waals surface area contributed by atoms with E-state index in [4.69, 9.17) is 4.42 Å². The number of nitrogens with zero attached hydrogens (tertiary/aromatic N) is 2. The molecule has 0 atom stereocenters. The van der Waals surface area contributed by atoms with E-state index in [9.17, 15) is 14.9 Å². The van der Waals surface area contributed by atoms with Gasteiger partial charge in [0.2, 0.25) is 5.91 Å². The molecule has 0 bridgehead atoms. The Morgan fingerprint density at radius 2 is 2.05 bits per heavy atom. The van der Waals surface area contributed by atoms with Crippen LogP contribution in [0.3, 0.4) is 0 Å². The normalized spacial score (nSPS) is 10.6. The van der Waals surface area contributed by atoms with Gasteiger partial charge in [-0.1, -0.05) is 30.3 Å². The third kappa shape index (κ3) is 3.77. The Labute approximate surface area is 114 Å². The molecule has 0 aliphatic carbocycles. The molecule has 1 aromatic heterocycles. The van der Waals surface area contributed by atoms with Crippen LogP contribution in [0.15, 0.2) is 52.0 Å². The van der Waals surface area contributed by atoms with Crippen molar-refractivity contribution in [3.05, 3.63) is 63.9 Å². The van der Waals surface area contributed by atoms with Crippen molar-refractivity contribution >= 4 is 18.0 Å². The average molecular weight is 273 g/mol. The van der Waals surface area contributed by atoms with Gasteiger partial charge in [-0.25, -0.2) is 5.43 Å². The van der Waals surface area contributed by atoms with Crippen molar-refractivity contribution in [3.63, 3.8) is 0 Å². The second kappa shape index (κ2) is 6.28. The van der Waals surface area contributed by atoms with Gasteiger partial charge in [0, 0.05) is 0 Å². The minimum atomic E-state index is -0.647. The highest BCUT2D eigenvalue weighted by molar-refractivity contribution is 5.81. The zero-order valence-electron chi connectivity index (χ0n) is 10.4. The van der Waals surface area contributed by atoms with Gasteiger partial charge in [-0.2, -0.15) is 5.10 Å². The number of hydrogen-bond donors (Lipinski definition) is 1. The molecule has 1 heterocycles. The SMILES string of the molecule is O=C(Cc1ccccc1)N/N=C/c1ccc([N+](=O)[O-])o1. The van der Waals surface area contributed by atoms with E-state index < -0.39 is 4.92 Å². The molecule has 0 spiro atoms. The predicted octanol–water partition coefficient (Wildman–Crippen LogP) is 1.88. The molecule has 2 rings (SSSR count). The summed E-state index contributed by atoms with van der Waals surface area (Å²) < 4.78 is 4.85. The van der Waals surface area contributed by atoms with Crippen LogP contribution in [0, 0.1) is 10.1 Å². The number of hydrogen-bond acceptors (Lipinski definition) is 5. The molecule has 0 aliphatic rings. The Balaban J connectivity index is 1.86. The molecule has 1 aromatic carbocycles. The molecule has 1 N–H and O–H groups in total. The molecule has 1 amide bonds. The van der Waals surface area contributed by atoms with Gasteiger partial charge in [0.05, 0.1) is 18.7 Å². The predicted molar refractivity (Wildman–Crippen MR) is 71.2 cm³/mol. The number of carbonyl (C=O) groups is 1. The van der Waals surface area contributed by atoms with E-state index in [1.165, 1.54) is 18.3 Å². The van der Waals surface area contributed by atoms with Gasteiger partial charge in [-0.15, -0.1) is 0 Å². The first kappa shape index (κ1) is 13.5. The maximum absolute atomic E-state index is 11.6. The molecular formula is C13H11N3O4. The summed E-state index contributed by atoms with van der Waals surface area (Å²) in [4.78, 5) is 21.3. The second-order valence-electron chi connectivity index (χ2n) is 3.89. The topological polar surface area (TPSA) is 97.7 Å². The molecular weight excluding hydrogens is 262 g/mol. The molecule has 0 saturated heterocycles. The summed E-state index contributed by atoms with van der Waals surface area (Å²) in [6.45, 7) is 0. The summed E-state index contributed by atoms with van der Waals surface area (Å²) in [6, 6.07) is 11.8. The average Bonchev–Trinajstić information content (AvgIpc) is 2.89. The number of hydrazone groups is 1. The van der Waals surface area contributed by atoms with Crippen LogP contribution in [0.5, 0.6) is 0 Å². The number of carbonyl (C=O) groups excluding carboxylic acids is 1. The highest BCUT2D eigenvalue weighted by Gasteiger charge is 2.10. The third-order valence-corrected chi connectivity index (χ3v) is 2.38. The van der Waals surface area contributed by atoms with Crippen LogP contribution in [0.25, 0.3) is 0 Å². The summed E-state index contributed by atoms with van der Waals surface area (Å²) in [5.74, 6) is -0.465. The van der Waals surface area contributed by atoms with Crippen LogP contribution in [0.2, 0.25) is 0 Å². The van der Waals surface area contributed by atoms with E-state index >= 15 is 0 Å². The van der Waals surface area contributed by atoms with E-state index in [2.05, 4.69) is 10.5 Å². The lowest BCUT2D eigenvalue weighted by Crippen LogP contribution is -2.19. The monoisotopic (exact) mass is 273 g/mol. The fourth-order valence-corrected chi connectivity index (χ4v) is 1.50. The summed E-state index contributed by atoms with van der Waals surface area (Å²) in [5, 5.41) is 14.1. The number of nitro groups is 1. The van der Waals surface area contributed by atoms with E-state index in [-0.39, 0.29) is 24.0 Å². The van der Waals surface area contributed by atoms with Gasteiger partial charge in [0.1, 0.15) is 4.92 Å². The largest absolute Gasteiger partial charge is 0.433 e. The maximum atomic E-state index is 11.6. The van der Waals surface area contributed by atoms with Crippen LogP contribution in [-0.2, 0) is 11.2 Å². The van der Waals surface area contributed by atoms with Crippen molar-refractivity contribution < 1.29 is 14.1 Å². The first-order valence-electron chi connectivity index (χ1n) is 5.75. The molecule has 0 aliphatic heterocycles. The summed E-state index contributed by atoms with van der Waals surface area (Å²) in [7, 11) is 0. The smallest absolute Gasteiger partial charge is 0.400 e. The van der Waals surface area contributed by atoms with Crippen molar-refractivity contribution in [1.29, 1.82) is 0 Å². The standard InChI is InChI=1S/C13H11N3O4/c17-12(8-10-4-2-1-3-5-10)15-14-9-11-6-7-13(20-11)16(18)19/h1-7,9H,8H2,(H,15,17)/b14-9+. The molecule has 2 aromatic rings. The lowest BCUT2D eigenvalue weighted by molar-refractivity contribution is -0.402. The van der Waals surface area contributed by atoms with Crippen molar-refractivity contribution in [3.8, 4) is 0 Å². The third-order valence-electron chi connectivity index (χ3n) is 2.38. The first-order chi connectivity index (χ1) is 9.65. The van der Waals surface area contributed by atoms with E-state index in [0.29, 0.717) is 0 Å². The van der Waals surface area contributed by atoms with E-state index in [1.54, 1.807) is 0 Å². The Morgan fingerprint density at radius 3 is 2.70 bits per heavy atom. The van der Waals surface area contributed by atoms with Gasteiger partial charge in [0.25, 0.3) is 0 Å². The first-order valence-corrected chi connectivity index (χ1v) is 5.75. The van der Waals surface area contributed by atoms with E-state index in [0.717, 1.165) is 5.56 Å². The van der Waals surface area contributed by atoms with Crippen molar-refractivity contribution in [1.82, 2.24) is 5.43 Å². The fourth-order valence-electron chi connectivity index (χ4n) is 1.50. The Kier molecular flexibility index (Phi) is 4.23. The highest BCUT2D eigenvalue weighted by atomic mass is 16.6. The number of amides is 1. The molecule has 0 unspecified atom stereocenters. The number of benzene rings is 1. The maximum Gasteiger partial charge on any atom is 0.433 e. The van der Waals surface area contributed by atoms with Gasteiger partial charge in [0.15, 0.2) is 5.76 Å². The number of nitrogens with one attached hydrogen (secondary N) is 1. The van der Waals surface area contributed by atoms with Crippen LogP contribution >= 0.6 is 0 Å². The van der Waals surface area contributed by atoms with Crippen molar-refractivity contribution in [2.75, 3.05) is 0 Å². The summed E-state index contributed by atoms with van der Waals surface area (Å²) >= 11 is 0. The Bertz CT molecular complexity index is 634. The van der Waals surface area contributed by atoms with Crippen LogP contribution < -0.4 is 5.43 Å². The minimum absolute atomic E-state index is 0.191. The second-order valence-corrected chi connectivity index (χ2v) is 3.89. The molecule has 7 heteroatoms. The van der Waals surface area contributed by atoms with E-state index in [1.807, 2.05) is 30.3 Å². The molecule has 0 fully saturated rings. The molecule has 0 radical (unpaired) electrons. The molecule has 0 saturated carbocycles. The van der Waals surface area contributed by atoms with Crippen LogP contribution in [0.1, 0.15) is 11.3 Å². The summed E-state index contributed by atoms with van der Waals surface area (Å²) in [6.07, 6.45) is 1.41. The van der Waals surface area contributed by atoms with Gasteiger partial charge >= 0.3 is 5.88 Å². The summed E-state index contributed by atoms with van der Waals surface area (Å²) in [5.41, 5.74) is 3.19. The van der Waals surface area contributed by atoms with Gasteiger partial charge in [-0.3, -0.25) is 14.9 Å². The van der Waals surface area contributed by atoms with Crippen molar-refractivity contribution in [2.24, 2.45) is 5.10 Å². The lowest BCUT2D eigenvalue weighted by Gasteiger charge is -1.99. The van der Waals surface area contributed by atoms with Gasteiger partial charge in [-0.05, 0) is 11.6 Å². The minimum Gasteiger partial charge on any atom is -0.400 e. The van der Waals surface area contributed by atoms with Crippen LogP contribution in [0.4, 0.5) is 5.88 Å². The zero-order chi connectivity index (χ0) is 14.4. The lowest BCUT2D eigenvalue weighted by atomic mass is 10.1. The number of furan rings is 1. The zero-order valence-corrected chi connectivity index (χ0v) is 10.4. The highest BCUT2D eigenvalue weighted by Crippen LogP contribution is 2.13. The quantitative estimate of drug-likeness (QED) is 0.511. The Morgan fingerprint density at radius 1 is 1.30 bits per heavy atom. The van der Waals surface area contributed by atoms with Crippen molar-refractivity contribution in [2.45, 2.75) is 6.42 Å². The Hall–Kier alpha value is -2.96. The fraction of sp³-hybridized carbons (Fsp3) is 0.0769. The van der Waals surface area contributed by atoms with Crippen LogP contribution in [-0.4, -0.2) is 17.0 Å². The van der Waals surface area contributed by atoms with Gasteiger partial charge < -0.3 is 4.42 Å². The molecule has 7 nitrogen and oxygen atoms in total. The number of rotatable bonds is 5. The molecule has 102 valence electrons.